The van der Waals surface area contributed by atoms with E-state index in [1.807, 2.05) is 21.6 Å². The van der Waals surface area contributed by atoms with E-state index < -0.39 is 0 Å². The molecule has 2 aromatic heterocycles. The van der Waals surface area contributed by atoms with Crippen LogP contribution in [0.1, 0.15) is 29.0 Å². The van der Waals surface area contributed by atoms with E-state index in [9.17, 15) is 4.79 Å². The van der Waals surface area contributed by atoms with Gasteiger partial charge in [-0.1, -0.05) is 29.5 Å². The van der Waals surface area contributed by atoms with Crippen LogP contribution in [-0.4, -0.2) is 37.9 Å². The first-order valence-electron chi connectivity index (χ1n) is 8.59. The summed E-state index contributed by atoms with van der Waals surface area (Å²) in [6.45, 7) is 4.96. The fraction of sp³-hybridized carbons (Fsp3) is 0.316. The van der Waals surface area contributed by atoms with Crippen molar-refractivity contribution >= 4 is 29.0 Å². The van der Waals surface area contributed by atoms with Gasteiger partial charge in [0, 0.05) is 17.1 Å². The molecule has 1 unspecified atom stereocenters. The number of benzene rings is 1. The van der Waals surface area contributed by atoms with Crippen molar-refractivity contribution in [3.05, 3.63) is 58.0 Å². The predicted molar refractivity (Wildman–Crippen MR) is 105 cm³/mol. The Kier molecular flexibility index (Phi) is 4.82. The second-order valence-corrected chi connectivity index (χ2v) is 8.36. The zero-order valence-electron chi connectivity index (χ0n) is 14.8. The van der Waals surface area contributed by atoms with Gasteiger partial charge in [-0.25, -0.2) is 0 Å². The third-order valence-corrected chi connectivity index (χ3v) is 6.68. The number of thioether (sulfide) groups is 1. The van der Waals surface area contributed by atoms with Crippen LogP contribution in [0.2, 0.25) is 0 Å². The second-order valence-electron chi connectivity index (χ2n) is 6.42. The van der Waals surface area contributed by atoms with Crippen molar-refractivity contribution in [3.63, 3.8) is 0 Å². The Labute approximate surface area is 161 Å². The monoisotopic (exact) mass is 384 g/mol. The molecule has 26 heavy (non-hydrogen) atoms. The molecule has 0 saturated carbocycles. The molecule has 1 aliphatic rings. The van der Waals surface area contributed by atoms with Crippen molar-refractivity contribution in [2.24, 2.45) is 0 Å². The molecular weight excluding hydrogens is 364 g/mol. The zero-order valence-corrected chi connectivity index (χ0v) is 16.4. The summed E-state index contributed by atoms with van der Waals surface area (Å²) in [7, 11) is 0. The minimum Gasteiger partial charge on any atom is -0.335 e. The highest BCUT2D eigenvalue weighted by Gasteiger charge is 2.28. The normalized spacial score (nSPS) is 16.5. The third kappa shape index (κ3) is 3.29. The Hall–Kier alpha value is -2.12. The molecule has 0 N–H and O–H groups in total. The summed E-state index contributed by atoms with van der Waals surface area (Å²) < 4.78 is 1.92. The molecule has 0 bridgehead atoms. The van der Waals surface area contributed by atoms with Crippen molar-refractivity contribution < 1.29 is 4.79 Å². The lowest BCUT2D eigenvalue weighted by Crippen LogP contribution is -2.39. The van der Waals surface area contributed by atoms with Crippen LogP contribution in [0.4, 0.5) is 0 Å². The molecule has 0 fully saturated rings. The molecule has 1 aliphatic heterocycles. The Balaban J connectivity index is 1.44. The van der Waals surface area contributed by atoms with Crippen LogP contribution < -0.4 is 0 Å². The van der Waals surface area contributed by atoms with Crippen LogP contribution in [0.25, 0.3) is 5.69 Å². The summed E-state index contributed by atoms with van der Waals surface area (Å²) in [4.78, 5) is 16.2. The predicted octanol–water partition coefficient (Wildman–Crippen LogP) is 3.88. The maximum Gasteiger partial charge on any atom is 0.233 e. The number of nitrogens with zero attached hydrogens (tertiary/aromatic N) is 4. The summed E-state index contributed by atoms with van der Waals surface area (Å²) in [5, 5.41) is 11.1. The fourth-order valence-electron chi connectivity index (χ4n) is 3.26. The van der Waals surface area contributed by atoms with E-state index in [0.29, 0.717) is 5.75 Å². The van der Waals surface area contributed by atoms with Crippen LogP contribution in [0.15, 0.2) is 47.2 Å². The van der Waals surface area contributed by atoms with Gasteiger partial charge in [-0.2, -0.15) is 0 Å². The fourth-order valence-corrected chi connectivity index (χ4v) is 5.04. The average Bonchev–Trinajstić information content (AvgIpc) is 3.30. The van der Waals surface area contributed by atoms with Crippen molar-refractivity contribution in [1.29, 1.82) is 0 Å². The van der Waals surface area contributed by atoms with Gasteiger partial charge in [0.25, 0.3) is 0 Å². The summed E-state index contributed by atoms with van der Waals surface area (Å²) in [6, 6.07) is 10.5. The number of rotatable bonds is 4. The molecule has 3 aromatic rings. The number of carbonyl (C=O) groups is 1. The largest absolute Gasteiger partial charge is 0.335 e. The SMILES string of the molecule is Cc1ccc(-n2cnnc2SCC(=O)N2CCc3sccc3C2C)cc1. The Morgan fingerprint density at radius 2 is 2.12 bits per heavy atom. The number of thiophene rings is 1. The van der Waals surface area contributed by atoms with E-state index in [2.05, 4.69) is 47.6 Å². The summed E-state index contributed by atoms with van der Waals surface area (Å²) in [5.41, 5.74) is 3.50. The molecule has 0 saturated heterocycles. The van der Waals surface area contributed by atoms with Gasteiger partial charge in [0.2, 0.25) is 5.91 Å². The second kappa shape index (κ2) is 7.25. The molecule has 5 nitrogen and oxygen atoms in total. The van der Waals surface area contributed by atoms with Crippen LogP contribution in [-0.2, 0) is 11.2 Å². The Bertz CT molecular complexity index is 916. The van der Waals surface area contributed by atoms with Gasteiger partial charge in [-0.05, 0) is 49.4 Å². The molecule has 7 heteroatoms. The van der Waals surface area contributed by atoms with E-state index >= 15 is 0 Å². The number of fused-ring (bicyclic) bond motifs is 1. The first kappa shape index (κ1) is 17.3. The van der Waals surface area contributed by atoms with Gasteiger partial charge >= 0.3 is 0 Å². The van der Waals surface area contributed by atoms with E-state index in [1.165, 1.54) is 27.8 Å². The van der Waals surface area contributed by atoms with Gasteiger partial charge in [0.15, 0.2) is 5.16 Å². The molecule has 3 heterocycles. The summed E-state index contributed by atoms with van der Waals surface area (Å²) in [5.74, 6) is 0.520. The van der Waals surface area contributed by atoms with E-state index in [-0.39, 0.29) is 11.9 Å². The third-order valence-electron chi connectivity index (χ3n) is 4.75. The average molecular weight is 385 g/mol. The van der Waals surface area contributed by atoms with Gasteiger partial charge in [-0.3, -0.25) is 9.36 Å². The summed E-state index contributed by atoms with van der Waals surface area (Å²) in [6.07, 6.45) is 2.64. The number of amides is 1. The molecule has 1 aromatic carbocycles. The molecule has 1 amide bonds. The lowest BCUT2D eigenvalue weighted by atomic mass is 10.0. The molecule has 0 radical (unpaired) electrons. The van der Waals surface area contributed by atoms with Crippen molar-refractivity contribution in [2.75, 3.05) is 12.3 Å². The minimum atomic E-state index is 0.146. The number of carbonyl (C=O) groups excluding carboxylic acids is 1. The van der Waals surface area contributed by atoms with E-state index in [4.69, 9.17) is 0 Å². The maximum absolute atomic E-state index is 12.8. The topological polar surface area (TPSA) is 51.0 Å². The van der Waals surface area contributed by atoms with Crippen LogP contribution >= 0.6 is 23.1 Å². The van der Waals surface area contributed by atoms with Gasteiger partial charge < -0.3 is 4.90 Å². The van der Waals surface area contributed by atoms with Crippen molar-refractivity contribution in [1.82, 2.24) is 19.7 Å². The maximum atomic E-state index is 12.8. The zero-order chi connectivity index (χ0) is 18.1. The molecule has 134 valence electrons. The van der Waals surface area contributed by atoms with Gasteiger partial charge in [0.05, 0.1) is 11.8 Å². The van der Waals surface area contributed by atoms with E-state index in [0.717, 1.165) is 23.8 Å². The lowest BCUT2D eigenvalue weighted by molar-refractivity contribution is -0.130. The van der Waals surface area contributed by atoms with Gasteiger partial charge in [-0.15, -0.1) is 21.5 Å². The highest BCUT2D eigenvalue weighted by atomic mass is 32.2. The molecule has 0 spiro atoms. The highest BCUT2D eigenvalue weighted by Crippen LogP contribution is 2.33. The number of aryl methyl sites for hydroxylation is 1. The minimum absolute atomic E-state index is 0.146. The van der Waals surface area contributed by atoms with Crippen molar-refractivity contribution in [2.45, 2.75) is 31.5 Å². The Morgan fingerprint density at radius 3 is 2.92 bits per heavy atom. The molecular formula is C19H20N4OS2. The Morgan fingerprint density at radius 1 is 1.31 bits per heavy atom. The van der Waals surface area contributed by atoms with Crippen LogP contribution in [0.5, 0.6) is 0 Å². The van der Waals surface area contributed by atoms with Crippen LogP contribution in [0, 0.1) is 6.92 Å². The lowest BCUT2D eigenvalue weighted by Gasteiger charge is -2.33. The van der Waals surface area contributed by atoms with Gasteiger partial charge in [0.1, 0.15) is 6.33 Å². The first-order valence-corrected chi connectivity index (χ1v) is 10.5. The number of hydrogen-bond donors (Lipinski definition) is 0. The number of aromatic nitrogens is 3. The van der Waals surface area contributed by atoms with Crippen LogP contribution in [0.3, 0.4) is 0 Å². The molecule has 1 atom stereocenters. The highest BCUT2D eigenvalue weighted by molar-refractivity contribution is 7.99. The molecule has 4 rings (SSSR count). The quantitative estimate of drug-likeness (QED) is 0.641. The first-order chi connectivity index (χ1) is 12.6. The summed E-state index contributed by atoms with van der Waals surface area (Å²) >= 11 is 3.23. The molecule has 0 aliphatic carbocycles. The number of hydrogen-bond acceptors (Lipinski definition) is 5. The standard InChI is InChI=1S/C19H20N4OS2/c1-13-3-5-15(6-4-13)23-12-20-21-19(23)26-11-18(24)22-9-7-17-16(14(22)2)8-10-25-17/h3-6,8,10,12,14H,7,9,11H2,1-2H3. The van der Waals surface area contributed by atoms with E-state index in [1.54, 1.807) is 17.7 Å². The smallest absolute Gasteiger partial charge is 0.233 e. The van der Waals surface area contributed by atoms with Crippen molar-refractivity contribution in [3.8, 4) is 5.69 Å².